The first-order chi connectivity index (χ1) is 13.2. The average Bonchev–Trinajstić information content (AvgIpc) is 3.23. The molecule has 27 heavy (non-hydrogen) atoms. The smallest absolute Gasteiger partial charge is 0.225 e. The first kappa shape index (κ1) is 16.4. The fourth-order valence-electron chi connectivity index (χ4n) is 2.55. The van der Waals surface area contributed by atoms with Crippen molar-refractivity contribution in [1.29, 1.82) is 5.26 Å². The van der Waals surface area contributed by atoms with Crippen LogP contribution in [-0.2, 0) is 0 Å². The number of aromatic nitrogens is 6. The second-order valence-corrected chi connectivity index (χ2v) is 5.48. The van der Waals surface area contributed by atoms with Crippen LogP contribution in [0.3, 0.4) is 0 Å². The molecule has 0 fully saturated rings. The third kappa shape index (κ3) is 3.11. The van der Waals surface area contributed by atoms with Gasteiger partial charge in [-0.2, -0.15) is 10.5 Å². The first-order valence-electron chi connectivity index (χ1n) is 7.73. The van der Waals surface area contributed by atoms with Crippen molar-refractivity contribution in [2.24, 2.45) is 0 Å². The minimum Gasteiger partial charge on any atom is -0.239 e. The lowest BCUT2D eigenvalue weighted by atomic mass is 10.0. The van der Waals surface area contributed by atoms with Crippen molar-refractivity contribution in [2.75, 3.05) is 0 Å². The molecule has 0 spiro atoms. The molecule has 1 N–H and O–H groups in total. The largest absolute Gasteiger partial charge is 0.239 e. The van der Waals surface area contributed by atoms with E-state index < -0.39 is 11.6 Å². The predicted molar refractivity (Wildman–Crippen MR) is 90.7 cm³/mol. The summed E-state index contributed by atoms with van der Waals surface area (Å²) in [5.41, 5.74) is 1.97. The Morgan fingerprint density at radius 1 is 0.778 bits per heavy atom. The third-order valence-corrected chi connectivity index (χ3v) is 3.79. The van der Waals surface area contributed by atoms with Crippen LogP contribution in [0, 0.1) is 23.0 Å². The highest BCUT2D eigenvalue weighted by Gasteiger charge is 2.20. The van der Waals surface area contributed by atoms with Crippen LogP contribution in [0.25, 0.3) is 34.0 Å². The normalized spacial score (nSPS) is 10.6. The van der Waals surface area contributed by atoms with Crippen LogP contribution in [0.2, 0.25) is 0 Å². The fraction of sp³-hybridized carbons (Fsp3) is 0. The second-order valence-electron chi connectivity index (χ2n) is 5.48. The van der Waals surface area contributed by atoms with Crippen molar-refractivity contribution in [1.82, 2.24) is 30.6 Å². The summed E-state index contributed by atoms with van der Waals surface area (Å²) in [6.45, 7) is 0. The van der Waals surface area contributed by atoms with Crippen LogP contribution in [0.4, 0.5) is 8.78 Å². The van der Waals surface area contributed by atoms with Gasteiger partial charge in [0, 0.05) is 11.1 Å². The Balaban J connectivity index is 2.00. The molecule has 2 aromatic carbocycles. The Bertz CT molecular complexity index is 1130. The Morgan fingerprint density at radius 3 is 1.81 bits per heavy atom. The summed E-state index contributed by atoms with van der Waals surface area (Å²) in [4.78, 5) is 8.88. The zero-order valence-electron chi connectivity index (χ0n) is 13.6. The van der Waals surface area contributed by atoms with Gasteiger partial charge in [0.1, 0.15) is 23.4 Å². The molecular formula is C18H9F2N7. The molecule has 0 saturated carbocycles. The van der Waals surface area contributed by atoms with E-state index in [1.54, 1.807) is 12.1 Å². The number of hydrogen-bond acceptors (Lipinski definition) is 6. The van der Waals surface area contributed by atoms with Crippen molar-refractivity contribution in [2.45, 2.75) is 0 Å². The van der Waals surface area contributed by atoms with Crippen LogP contribution >= 0.6 is 0 Å². The van der Waals surface area contributed by atoms with E-state index in [9.17, 15) is 14.0 Å². The molecule has 0 unspecified atom stereocenters. The molecule has 4 rings (SSSR count). The Kier molecular flexibility index (Phi) is 4.06. The first-order valence-corrected chi connectivity index (χ1v) is 7.73. The van der Waals surface area contributed by atoms with Gasteiger partial charge in [-0.1, -0.05) is 0 Å². The zero-order chi connectivity index (χ0) is 18.8. The number of nitrogens with zero attached hydrogens (tertiary/aromatic N) is 6. The molecule has 0 amide bonds. The molecular weight excluding hydrogens is 352 g/mol. The summed E-state index contributed by atoms with van der Waals surface area (Å²) in [5.74, 6) is -0.700. The summed E-state index contributed by atoms with van der Waals surface area (Å²) >= 11 is 0. The highest BCUT2D eigenvalue weighted by atomic mass is 19.1. The van der Waals surface area contributed by atoms with E-state index in [2.05, 4.69) is 30.6 Å². The highest BCUT2D eigenvalue weighted by molar-refractivity contribution is 5.80. The van der Waals surface area contributed by atoms with Crippen LogP contribution < -0.4 is 0 Å². The maximum absolute atomic E-state index is 13.3. The number of halogens is 2. The van der Waals surface area contributed by atoms with Gasteiger partial charge in [0.05, 0.1) is 11.4 Å². The molecule has 2 heterocycles. The number of benzene rings is 2. The van der Waals surface area contributed by atoms with Crippen LogP contribution in [0.15, 0.2) is 48.5 Å². The van der Waals surface area contributed by atoms with E-state index in [0.29, 0.717) is 22.5 Å². The number of nitrogens with one attached hydrogen (secondary N) is 1. The molecule has 0 aliphatic carbocycles. The van der Waals surface area contributed by atoms with E-state index in [0.717, 1.165) is 0 Å². The third-order valence-electron chi connectivity index (χ3n) is 3.79. The van der Waals surface area contributed by atoms with Crippen molar-refractivity contribution < 1.29 is 8.78 Å². The molecule has 7 nitrogen and oxygen atoms in total. The fourth-order valence-corrected chi connectivity index (χ4v) is 2.55. The van der Waals surface area contributed by atoms with Gasteiger partial charge >= 0.3 is 0 Å². The summed E-state index contributed by atoms with van der Waals surface area (Å²) in [6.07, 6.45) is 0. The SMILES string of the molecule is N#Cc1nc(-c2ccc(F)cc2)c(-c2ccc(F)cc2)nc1-c1nn[nH]n1. The summed E-state index contributed by atoms with van der Waals surface area (Å²) in [6, 6.07) is 13.2. The molecule has 0 saturated heterocycles. The van der Waals surface area contributed by atoms with E-state index in [4.69, 9.17) is 0 Å². The van der Waals surface area contributed by atoms with E-state index in [-0.39, 0.29) is 17.2 Å². The van der Waals surface area contributed by atoms with Crippen molar-refractivity contribution in [3.05, 3.63) is 65.9 Å². The number of aromatic amines is 1. The molecule has 130 valence electrons. The van der Waals surface area contributed by atoms with Gasteiger partial charge in [-0.25, -0.2) is 18.7 Å². The highest BCUT2D eigenvalue weighted by Crippen LogP contribution is 2.32. The molecule has 0 aliphatic rings. The second kappa shape index (κ2) is 6.68. The number of nitriles is 1. The molecule has 0 atom stereocenters. The summed E-state index contributed by atoms with van der Waals surface area (Å²) < 4.78 is 26.6. The van der Waals surface area contributed by atoms with Crippen molar-refractivity contribution in [3.8, 4) is 40.1 Å². The van der Waals surface area contributed by atoms with Gasteiger partial charge in [-0.3, -0.25) is 0 Å². The summed E-state index contributed by atoms with van der Waals surface area (Å²) in [7, 11) is 0. The number of H-pyrrole nitrogens is 1. The predicted octanol–water partition coefficient (Wildman–Crippen LogP) is 3.14. The van der Waals surface area contributed by atoms with E-state index in [1.807, 2.05) is 6.07 Å². The number of hydrogen-bond donors (Lipinski definition) is 1. The van der Waals surface area contributed by atoms with Crippen LogP contribution in [-0.4, -0.2) is 30.6 Å². The van der Waals surface area contributed by atoms with Gasteiger partial charge in [-0.15, -0.1) is 10.2 Å². The minimum atomic E-state index is -0.404. The molecule has 4 aromatic rings. The number of tetrazole rings is 1. The molecule has 0 radical (unpaired) electrons. The Hall–Kier alpha value is -4.06. The van der Waals surface area contributed by atoms with Gasteiger partial charge < -0.3 is 0 Å². The molecule has 0 bridgehead atoms. The monoisotopic (exact) mass is 361 g/mol. The summed E-state index contributed by atoms with van der Waals surface area (Å²) in [5, 5.41) is 23.0. The Labute approximate surface area is 151 Å². The Morgan fingerprint density at radius 2 is 1.33 bits per heavy atom. The minimum absolute atomic E-state index is 0.0124. The van der Waals surface area contributed by atoms with E-state index in [1.165, 1.54) is 36.4 Å². The zero-order valence-corrected chi connectivity index (χ0v) is 13.6. The van der Waals surface area contributed by atoms with Crippen molar-refractivity contribution >= 4 is 0 Å². The van der Waals surface area contributed by atoms with Gasteiger partial charge in [0.15, 0.2) is 5.69 Å². The maximum atomic E-state index is 13.3. The lowest BCUT2D eigenvalue weighted by molar-refractivity contribution is 0.627. The molecule has 2 aromatic heterocycles. The van der Waals surface area contributed by atoms with Crippen LogP contribution in [0.5, 0.6) is 0 Å². The average molecular weight is 361 g/mol. The topological polar surface area (TPSA) is 104 Å². The van der Waals surface area contributed by atoms with Crippen LogP contribution in [0.1, 0.15) is 5.69 Å². The quantitative estimate of drug-likeness (QED) is 0.601. The number of rotatable bonds is 3. The van der Waals surface area contributed by atoms with Gasteiger partial charge in [-0.05, 0) is 53.7 Å². The lowest BCUT2D eigenvalue weighted by Gasteiger charge is -2.11. The molecule has 0 aliphatic heterocycles. The standard InChI is InChI=1S/C18H9F2N7/c19-12-5-1-10(2-6-12)15-16(11-3-7-13(20)8-4-11)23-17(14(9-21)22-15)18-24-26-27-25-18/h1-8H,(H,24,25,26,27). The van der Waals surface area contributed by atoms with Crippen molar-refractivity contribution in [3.63, 3.8) is 0 Å². The van der Waals surface area contributed by atoms with Gasteiger partial charge in [0.25, 0.3) is 0 Å². The lowest BCUT2D eigenvalue weighted by Crippen LogP contribution is -2.02. The maximum Gasteiger partial charge on any atom is 0.225 e. The van der Waals surface area contributed by atoms with E-state index >= 15 is 0 Å². The molecule has 9 heteroatoms. The van der Waals surface area contributed by atoms with Gasteiger partial charge in [0.2, 0.25) is 5.82 Å².